The van der Waals surface area contributed by atoms with Crippen molar-refractivity contribution in [2.75, 3.05) is 0 Å². The highest BCUT2D eigenvalue weighted by molar-refractivity contribution is 5.05. The van der Waals surface area contributed by atoms with E-state index < -0.39 is 0 Å². The van der Waals surface area contributed by atoms with Crippen molar-refractivity contribution in [2.45, 2.75) is 53.9 Å². The molecule has 0 N–H and O–H groups in total. The number of fused-ring (bicyclic) bond motifs is 1. The molecule has 2 aliphatic carbocycles. The van der Waals surface area contributed by atoms with Crippen LogP contribution in [0.3, 0.4) is 0 Å². The van der Waals surface area contributed by atoms with Gasteiger partial charge in [-0.15, -0.1) is 0 Å². The van der Waals surface area contributed by atoms with Gasteiger partial charge in [0.1, 0.15) is 0 Å². The smallest absolute Gasteiger partial charge is 0.0320 e. The average molecular weight is 180 g/mol. The second-order valence-electron chi connectivity index (χ2n) is 6.94. The van der Waals surface area contributed by atoms with E-state index in [1.165, 1.54) is 19.3 Å². The maximum absolute atomic E-state index is 2.48. The molecule has 0 nitrogen and oxygen atoms in total. The Labute approximate surface area is 83.1 Å². The summed E-state index contributed by atoms with van der Waals surface area (Å²) >= 11 is 0. The minimum absolute atomic E-state index is 0.623. The third-order valence-corrected chi connectivity index (χ3v) is 4.55. The molecule has 0 aromatic heterocycles. The van der Waals surface area contributed by atoms with Crippen molar-refractivity contribution in [2.24, 2.45) is 28.6 Å². The van der Waals surface area contributed by atoms with Crippen molar-refractivity contribution in [1.82, 2.24) is 0 Å². The normalized spacial score (nSPS) is 46.4. The summed E-state index contributed by atoms with van der Waals surface area (Å²) < 4.78 is 0. The van der Waals surface area contributed by atoms with Crippen LogP contribution in [0.5, 0.6) is 0 Å². The number of rotatable bonds is 0. The summed E-state index contributed by atoms with van der Waals surface area (Å²) in [6.45, 7) is 12.4. The molecule has 0 spiro atoms. The summed E-state index contributed by atoms with van der Waals surface area (Å²) in [7, 11) is 0. The molecule has 2 fully saturated rings. The third-order valence-electron chi connectivity index (χ3n) is 4.55. The molecule has 0 aromatic carbocycles. The lowest BCUT2D eigenvalue weighted by atomic mass is 9.78. The SMILES string of the molecule is CC1CC(C)(C)C2CC2C(C)(C)C1. The fourth-order valence-electron chi connectivity index (χ4n) is 4.09. The second kappa shape index (κ2) is 2.52. The topological polar surface area (TPSA) is 0 Å². The molecule has 0 amide bonds. The maximum Gasteiger partial charge on any atom is -0.0320 e. The molecule has 13 heavy (non-hydrogen) atoms. The first-order chi connectivity index (χ1) is 5.83. The Morgan fingerprint density at radius 3 is 1.62 bits per heavy atom. The zero-order chi connectivity index (χ0) is 9.85. The van der Waals surface area contributed by atoms with E-state index in [-0.39, 0.29) is 0 Å². The van der Waals surface area contributed by atoms with E-state index in [2.05, 4.69) is 34.6 Å². The highest BCUT2D eigenvalue weighted by atomic mass is 14.6. The van der Waals surface area contributed by atoms with Crippen molar-refractivity contribution in [3.63, 3.8) is 0 Å². The van der Waals surface area contributed by atoms with Crippen LogP contribution in [0.4, 0.5) is 0 Å². The lowest BCUT2D eigenvalue weighted by Crippen LogP contribution is -2.16. The van der Waals surface area contributed by atoms with E-state index in [1.54, 1.807) is 0 Å². The van der Waals surface area contributed by atoms with Gasteiger partial charge in [0.05, 0.1) is 0 Å². The van der Waals surface area contributed by atoms with E-state index in [0.29, 0.717) is 10.8 Å². The van der Waals surface area contributed by atoms with Crippen LogP contribution in [0.2, 0.25) is 0 Å². The average Bonchev–Trinajstić information content (AvgIpc) is 2.57. The predicted octanol–water partition coefficient (Wildman–Crippen LogP) is 4.10. The minimum atomic E-state index is 0.623. The van der Waals surface area contributed by atoms with Gasteiger partial charge in [0.2, 0.25) is 0 Å². The molecular weight excluding hydrogens is 156 g/mol. The molecule has 2 aliphatic rings. The highest BCUT2D eigenvalue weighted by Gasteiger charge is 2.56. The van der Waals surface area contributed by atoms with Crippen LogP contribution in [0.25, 0.3) is 0 Å². The van der Waals surface area contributed by atoms with Gasteiger partial charge < -0.3 is 0 Å². The van der Waals surface area contributed by atoms with Gasteiger partial charge in [0.25, 0.3) is 0 Å². The quantitative estimate of drug-likeness (QED) is 0.526. The van der Waals surface area contributed by atoms with Crippen LogP contribution in [0.1, 0.15) is 53.9 Å². The summed E-state index contributed by atoms with van der Waals surface area (Å²) in [4.78, 5) is 0. The van der Waals surface area contributed by atoms with Gasteiger partial charge in [-0.1, -0.05) is 34.6 Å². The third kappa shape index (κ3) is 1.53. The molecule has 0 radical (unpaired) electrons. The van der Waals surface area contributed by atoms with Gasteiger partial charge in [0, 0.05) is 0 Å². The maximum atomic E-state index is 2.48. The zero-order valence-corrected chi connectivity index (χ0v) is 9.85. The van der Waals surface area contributed by atoms with E-state index in [4.69, 9.17) is 0 Å². The molecule has 2 rings (SSSR count). The molecular formula is C13H24. The lowest BCUT2D eigenvalue weighted by Gasteiger charge is -2.27. The van der Waals surface area contributed by atoms with E-state index in [1.807, 2.05) is 0 Å². The fraction of sp³-hybridized carbons (Fsp3) is 1.00. The van der Waals surface area contributed by atoms with Crippen molar-refractivity contribution in [1.29, 1.82) is 0 Å². The number of hydrogen-bond donors (Lipinski definition) is 0. The standard InChI is InChI=1S/C13H24/c1-9-7-12(2,3)10-6-11(10)13(4,5)8-9/h9-11H,6-8H2,1-5H3. The fourth-order valence-corrected chi connectivity index (χ4v) is 4.09. The molecule has 0 aromatic rings. The van der Waals surface area contributed by atoms with Gasteiger partial charge in [0.15, 0.2) is 0 Å². The molecule has 2 atom stereocenters. The van der Waals surface area contributed by atoms with Crippen LogP contribution in [0, 0.1) is 28.6 Å². The first-order valence-electron chi connectivity index (χ1n) is 5.83. The molecule has 0 heterocycles. The van der Waals surface area contributed by atoms with Crippen LogP contribution in [0.15, 0.2) is 0 Å². The Morgan fingerprint density at radius 2 is 1.23 bits per heavy atom. The molecule has 0 bridgehead atoms. The van der Waals surface area contributed by atoms with E-state index in [0.717, 1.165) is 17.8 Å². The molecule has 0 saturated heterocycles. The summed E-state index contributed by atoms with van der Waals surface area (Å²) in [6, 6.07) is 0. The molecule has 2 saturated carbocycles. The van der Waals surface area contributed by atoms with Crippen LogP contribution >= 0.6 is 0 Å². The zero-order valence-electron chi connectivity index (χ0n) is 9.85. The van der Waals surface area contributed by atoms with Crippen molar-refractivity contribution in [3.05, 3.63) is 0 Å². The predicted molar refractivity (Wildman–Crippen MR) is 57.6 cm³/mol. The van der Waals surface area contributed by atoms with Gasteiger partial charge in [-0.25, -0.2) is 0 Å². The molecule has 0 heteroatoms. The largest absolute Gasteiger partial charge is 0.0625 e. The molecule has 0 aliphatic heterocycles. The van der Waals surface area contributed by atoms with Gasteiger partial charge in [-0.2, -0.15) is 0 Å². The minimum Gasteiger partial charge on any atom is -0.0625 e. The Balaban J connectivity index is 2.21. The van der Waals surface area contributed by atoms with Gasteiger partial charge >= 0.3 is 0 Å². The molecule has 76 valence electrons. The Morgan fingerprint density at radius 1 is 0.846 bits per heavy atom. The highest BCUT2D eigenvalue weighted by Crippen LogP contribution is 2.64. The van der Waals surface area contributed by atoms with Crippen LogP contribution < -0.4 is 0 Å². The second-order valence-corrected chi connectivity index (χ2v) is 6.94. The number of hydrogen-bond acceptors (Lipinski definition) is 0. The van der Waals surface area contributed by atoms with Crippen molar-refractivity contribution >= 4 is 0 Å². The van der Waals surface area contributed by atoms with Gasteiger partial charge in [-0.3, -0.25) is 0 Å². The summed E-state index contributed by atoms with van der Waals surface area (Å²) in [5.74, 6) is 3.00. The van der Waals surface area contributed by atoms with Crippen LogP contribution in [-0.4, -0.2) is 0 Å². The Kier molecular flexibility index (Phi) is 1.85. The first-order valence-corrected chi connectivity index (χ1v) is 5.83. The van der Waals surface area contributed by atoms with Crippen molar-refractivity contribution < 1.29 is 0 Å². The summed E-state index contributed by atoms with van der Waals surface area (Å²) in [5, 5.41) is 0. The molecule has 2 unspecified atom stereocenters. The van der Waals surface area contributed by atoms with Crippen LogP contribution in [-0.2, 0) is 0 Å². The lowest BCUT2D eigenvalue weighted by molar-refractivity contribution is 0.236. The first kappa shape index (κ1) is 9.55. The van der Waals surface area contributed by atoms with Gasteiger partial charge in [-0.05, 0) is 47.8 Å². The monoisotopic (exact) mass is 180 g/mol. The van der Waals surface area contributed by atoms with Crippen molar-refractivity contribution in [3.8, 4) is 0 Å². The Hall–Kier alpha value is 0. The van der Waals surface area contributed by atoms with E-state index in [9.17, 15) is 0 Å². The Bertz CT molecular complexity index is 190. The summed E-state index contributed by atoms with van der Waals surface area (Å²) in [6.07, 6.45) is 4.39. The van der Waals surface area contributed by atoms with E-state index >= 15 is 0 Å². The summed E-state index contributed by atoms with van der Waals surface area (Å²) in [5.41, 5.74) is 1.25.